The molecular weight excluding hydrogens is 266 g/mol. The van der Waals surface area contributed by atoms with Crippen molar-refractivity contribution in [1.82, 2.24) is 5.32 Å². The fourth-order valence-electron chi connectivity index (χ4n) is 2.85. The van der Waals surface area contributed by atoms with Crippen molar-refractivity contribution in [3.63, 3.8) is 0 Å². The molecule has 0 saturated carbocycles. The number of nitrogens with one attached hydrogen (secondary N) is 1. The van der Waals surface area contributed by atoms with E-state index in [-0.39, 0.29) is 0 Å². The fourth-order valence-corrected chi connectivity index (χ4v) is 3.42. The molecule has 4 heteroatoms. The molecule has 0 radical (unpaired) electrons. The van der Waals surface area contributed by atoms with Gasteiger partial charge in [0.1, 0.15) is 6.07 Å². The zero-order chi connectivity index (χ0) is 14.4. The molecule has 20 heavy (non-hydrogen) atoms. The zero-order valence-corrected chi connectivity index (χ0v) is 13.2. The van der Waals surface area contributed by atoms with Crippen LogP contribution in [0.1, 0.15) is 25.3 Å². The van der Waals surface area contributed by atoms with Gasteiger partial charge in [0.05, 0.1) is 11.3 Å². The first kappa shape index (κ1) is 15.2. The Morgan fingerprint density at radius 1 is 1.50 bits per heavy atom. The van der Waals surface area contributed by atoms with Crippen LogP contribution >= 0.6 is 11.8 Å². The lowest BCUT2D eigenvalue weighted by Gasteiger charge is -2.31. The number of nitrogens with zero attached hydrogens (tertiary/aromatic N) is 2. The maximum atomic E-state index is 9.48. The largest absolute Gasteiger partial charge is 0.370 e. The van der Waals surface area contributed by atoms with Crippen molar-refractivity contribution in [2.75, 3.05) is 37.3 Å². The van der Waals surface area contributed by atoms with Gasteiger partial charge in [0.15, 0.2) is 0 Å². The molecule has 1 N–H and O–H groups in total. The SMILES string of the molecule is CCN(CC1CCCNC1)c1cccc(SC)c1C#N. The van der Waals surface area contributed by atoms with Crippen LogP contribution in [0.4, 0.5) is 5.69 Å². The van der Waals surface area contributed by atoms with E-state index in [1.165, 1.54) is 12.8 Å². The molecule has 2 rings (SSSR count). The van der Waals surface area contributed by atoms with Crippen molar-refractivity contribution in [2.45, 2.75) is 24.7 Å². The molecule has 1 aromatic carbocycles. The van der Waals surface area contributed by atoms with Crippen LogP contribution in [0.3, 0.4) is 0 Å². The van der Waals surface area contributed by atoms with Gasteiger partial charge in [-0.25, -0.2) is 0 Å². The Morgan fingerprint density at radius 2 is 2.35 bits per heavy atom. The average molecular weight is 289 g/mol. The van der Waals surface area contributed by atoms with Gasteiger partial charge in [-0.1, -0.05) is 6.07 Å². The van der Waals surface area contributed by atoms with Crippen LogP contribution in [0.15, 0.2) is 23.1 Å². The Kier molecular flexibility index (Phi) is 5.75. The highest BCUT2D eigenvalue weighted by atomic mass is 32.2. The molecule has 1 unspecified atom stereocenters. The Bertz CT molecular complexity index is 475. The van der Waals surface area contributed by atoms with Crippen LogP contribution in [0.25, 0.3) is 0 Å². The predicted molar refractivity (Wildman–Crippen MR) is 86.4 cm³/mol. The first-order valence-corrected chi connectivity index (χ1v) is 8.55. The highest BCUT2D eigenvalue weighted by Crippen LogP contribution is 2.29. The molecular formula is C16H23N3S. The average Bonchev–Trinajstić information content (AvgIpc) is 2.52. The van der Waals surface area contributed by atoms with E-state index in [0.717, 1.165) is 42.3 Å². The summed E-state index contributed by atoms with van der Waals surface area (Å²) in [5.74, 6) is 0.688. The van der Waals surface area contributed by atoms with E-state index < -0.39 is 0 Å². The quantitative estimate of drug-likeness (QED) is 0.845. The lowest BCUT2D eigenvalue weighted by Crippen LogP contribution is -2.38. The zero-order valence-electron chi connectivity index (χ0n) is 12.4. The molecule has 1 atom stereocenters. The molecule has 0 aliphatic carbocycles. The summed E-state index contributed by atoms with van der Waals surface area (Å²) in [6.45, 7) is 6.40. The summed E-state index contributed by atoms with van der Waals surface area (Å²) in [5.41, 5.74) is 1.91. The molecule has 0 amide bonds. The van der Waals surface area contributed by atoms with Gasteiger partial charge in [-0.15, -0.1) is 11.8 Å². The van der Waals surface area contributed by atoms with Crippen LogP contribution in [0, 0.1) is 17.2 Å². The predicted octanol–water partition coefficient (Wildman–Crippen LogP) is 3.11. The van der Waals surface area contributed by atoms with E-state index in [0.29, 0.717) is 5.92 Å². The number of rotatable bonds is 5. The normalized spacial score (nSPS) is 18.6. The summed E-state index contributed by atoms with van der Waals surface area (Å²) in [6.07, 6.45) is 4.58. The number of anilines is 1. The Morgan fingerprint density at radius 3 is 2.95 bits per heavy atom. The molecule has 0 bridgehead atoms. The van der Waals surface area contributed by atoms with Crippen molar-refractivity contribution in [3.8, 4) is 6.07 Å². The van der Waals surface area contributed by atoms with Gasteiger partial charge in [-0.3, -0.25) is 0 Å². The van der Waals surface area contributed by atoms with Gasteiger partial charge < -0.3 is 10.2 Å². The number of thioether (sulfide) groups is 1. The second-order valence-corrected chi connectivity index (χ2v) is 6.07. The van der Waals surface area contributed by atoms with Crippen molar-refractivity contribution >= 4 is 17.4 Å². The summed E-state index contributed by atoms with van der Waals surface area (Å²) >= 11 is 1.65. The maximum absolute atomic E-state index is 9.48. The molecule has 1 aromatic rings. The van der Waals surface area contributed by atoms with E-state index in [2.05, 4.69) is 35.3 Å². The standard InChI is InChI=1S/C16H23N3S/c1-3-19(12-13-6-5-9-18-11-13)15-7-4-8-16(20-2)14(15)10-17/h4,7-8,13,18H,3,5-6,9,11-12H2,1-2H3. The third-order valence-corrected chi connectivity index (χ3v) is 4.72. The molecule has 1 fully saturated rings. The third-order valence-electron chi connectivity index (χ3n) is 3.94. The Hall–Kier alpha value is -1.18. The number of hydrogen-bond acceptors (Lipinski definition) is 4. The van der Waals surface area contributed by atoms with Crippen LogP contribution < -0.4 is 10.2 Å². The Labute approximate surface area is 126 Å². The van der Waals surface area contributed by atoms with Crippen LogP contribution in [0.5, 0.6) is 0 Å². The van der Waals surface area contributed by atoms with E-state index in [1.807, 2.05) is 12.3 Å². The second kappa shape index (κ2) is 7.56. The third kappa shape index (κ3) is 3.47. The highest BCUT2D eigenvalue weighted by molar-refractivity contribution is 7.98. The number of nitriles is 1. The van der Waals surface area contributed by atoms with Crippen molar-refractivity contribution in [3.05, 3.63) is 23.8 Å². The van der Waals surface area contributed by atoms with Gasteiger partial charge in [0, 0.05) is 18.0 Å². The van der Waals surface area contributed by atoms with Gasteiger partial charge in [0.2, 0.25) is 0 Å². The molecule has 3 nitrogen and oxygen atoms in total. The first-order valence-electron chi connectivity index (χ1n) is 7.33. The van der Waals surface area contributed by atoms with Gasteiger partial charge in [0.25, 0.3) is 0 Å². The fraction of sp³-hybridized carbons (Fsp3) is 0.562. The lowest BCUT2D eigenvalue weighted by molar-refractivity contribution is 0.378. The van der Waals surface area contributed by atoms with Gasteiger partial charge in [-0.05, 0) is 57.2 Å². The van der Waals surface area contributed by atoms with E-state index in [4.69, 9.17) is 0 Å². The minimum Gasteiger partial charge on any atom is -0.370 e. The van der Waals surface area contributed by atoms with Crippen molar-refractivity contribution in [2.24, 2.45) is 5.92 Å². The van der Waals surface area contributed by atoms with Crippen molar-refractivity contribution < 1.29 is 0 Å². The Balaban J connectivity index is 2.20. The molecule has 1 saturated heterocycles. The summed E-state index contributed by atoms with van der Waals surface area (Å²) in [4.78, 5) is 3.43. The van der Waals surface area contributed by atoms with Gasteiger partial charge >= 0.3 is 0 Å². The second-order valence-electron chi connectivity index (χ2n) is 5.22. The van der Waals surface area contributed by atoms with Crippen LogP contribution in [0.2, 0.25) is 0 Å². The number of benzene rings is 1. The molecule has 108 valence electrons. The molecule has 1 heterocycles. The molecule has 1 aliphatic heterocycles. The summed E-state index contributed by atoms with van der Waals surface area (Å²) in [5, 5.41) is 12.9. The van der Waals surface area contributed by atoms with Crippen LogP contribution in [-0.4, -0.2) is 32.4 Å². The minimum absolute atomic E-state index is 0.688. The monoisotopic (exact) mass is 289 g/mol. The highest BCUT2D eigenvalue weighted by Gasteiger charge is 2.19. The topological polar surface area (TPSA) is 39.1 Å². The van der Waals surface area contributed by atoms with Crippen molar-refractivity contribution in [1.29, 1.82) is 5.26 Å². The summed E-state index contributed by atoms with van der Waals surface area (Å²) in [6, 6.07) is 8.56. The van der Waals surface area contributed by atoms with Gasteiger partial charge in [-0.2, -0.15) is 5.26 Å². The van der Waals surface area contributed by atoms with E-state index in [1.54, 1.807) is 11.8 Å². The van der Waals surface area contributed by atoms with E-state index >= 15 is 0 Å². The van der Waals surface area contributed by atoms with Crippen LogP contribution in [-0.2, 0) is 0 Å². The molecule has 0 spiro atoms. The molecule has 0 aromatic heterocycles. The smallest absolute Gasteiger partial charge is 0.103 e. The molecule has 1 aliphatic rings. The number of hydrogen-bond donors (Lipinski definition) is 1. The summed E-state index contributed by atoms with van der Waals surface area (Å²) in [7, 11) is 0. The first-order chi connectivity index (χ1) is 9.80. The summed E-state index contributed by atoms with van der Waals surface area (Å²) < 4.78 is 0. The lowest BCUT2D eigenvalue weighted by atomic mass is 9.98. The van der Waals surface area contributed by atoms with E-state index in [9.17, 15) is 5.26 Å². The number of piperidine rings is 1. The minimum atomic E-state index is 0.688. The maximum Gasteiger partial charge on any atom is 0.103 e.